The van der Waals surface area contributed by atoms with Crippen molar-refractivity contribution in [3.05, 3.63) is 30.1 Å². The largest absolute Gasteiger partial charge is 0.330 e. The molecule has 0 saturated carbocycles. The Morgan fingerprint density at radius 1 is 1.13 bits per heavy atom. The minimum atomic E-state index is -1.00. The lowest BCUT2D eigenvalue weighted by Crippen LogP contribution is -2.01. The fourth-order valence-electron chi connectivity index (χ4n) is 1.26. The highest BCUT2D eigenvalue weighted by atomic mass is 32.2. The van der Waals surface area contributed by atoms with Crippen molar-refractivity contribution >= 4 is 10.8 Å². The second-order valence-electron chi connectivity index (χ2n) is 3.35. The normalized spacial score (nSPS) is 12.7. The molecule has 84 valence electrons. The van der Waals surface area contributed by atoms with Crippen molar-refractivity contribution in [1.29, 1.82) is 0 Å². The monoisotopic (exact) mass is 229 g/mol. The molecule has 1 aromatic carbocycles. The van der Waals surface area contributed by atoms with E-state index in [4.69, 9.17) is 5.73 Å². The van der Waals surface area contributed by atoms with Crippen LogP contribution < -0.4 is 5.73 Å². The fraction of sp³-hybridized carbons (Fsp3) is 0.455. The van der Waals surface area contributed by atoms with Crippen LogP contribution in [0.1, 0.15) is 19.3 Å². The second-order valence-corrected chi connectivity index (χ2v) is 4.92. The summed E-state index contributed by atoms with van der Waals surface area (Å²) in [7, 11) is -1.00. The van der Waals surface area contributed by atoms with Crippen molar-refractivity contribution in [3.63, 3.8) is 0 Å². The minimum absolute atomic E-state index is 0.293. The zero-order valence-corrected chi connectivity index (χ0v) is 9.43. The Bertz CT molecular complexity index is 313. The van der Waals surface area contributed by atoms with E-state index in [0.717, 1.165) is 19.3 Å². The maximum Gasteiger partial charge on any atom is 0.123 e. The van der Waals surface area contributed by atoms with Gasteiger partial charge in [-0.2, -0.15) is 0 Å². The van der Waals surface area contributed by atoms with Crippen LogP contribution in [0.4, 0.5) is 4.39 Å². The molecule has 0 bridgehead atoms. The van der Waals surface area contributed by atoms with E-state index in [1.165, 1.54) is 12.1 Å². The van der Waals surface area contributed by atoms with Crippen LogP contribution in [0.25, 0.3) is 0 Å². The third-order valence-electron chi connectivity index (χ3n) is 2.11. The van der Waals surface area contributed by atoms with Crippen LogP contribution in [0.3, 0.4) is 0 Å². The molecular formula is C11H16FNOS. The zero-order valence-electron chi connectivity index (χ0n) is 8.62. The van der Waals surface area contributed by atoms with Crippen molar-refractivity contribution in [2.75, 3.05) is 12.3 Å². The van der Waals surface area contributed by atoms with Gasteiger partial charge in [0.05, 0.1) is 10.8 Å². The number of benzene rings is 1. The maximum absolute atomic E-state index is 12.6. The molecule has 2 N–H and O–H groups in total. The molecule has 0 saturated heterocycles. The molecule has 0 amide bonds. The van der Waals surface area contributed by atoms with Crippen LogP contribution in [-0.4, -0.2) is 16.5 Å². The molecule has 0 aromatic heterocycles. The molecule has 0 fully saturated rings. The van der Waals surface area contributed by atoms with Gasteiger partial charge in [0, 0.05) is 10.6 Å². The summed E-state index contributed by atoms with van der Waals surface area (Å²) < 4.78 is 24.3. The minimum Gasteiger partial charge on any atom is -0.330 e. The third kappa shape index (κ3) is 4.53. The summed E-state index contributed by atoms with van der Waals surface area (Å²) in [5.74, 6) is 0.338. The van der Waals surface area contributed by atoms with E-state index >= 15 is 0 Å². The zero-order chi connectivity index (χ0) is 11.1. The van der Waals surface area contributed by atoms with Crippen LogP contribution in [0.2, 0.25) is 0 Å². The molecule has 1 atom stereocenters. The Morgan fingerprint density at radius 3 is 2.40 bits per heavy atom. The van der Waals surface area contributed by atoms with Gasteiger partial charge >= 0.3 is 0 Å². The number of nitrogens with two attached hydrogens (primary N) is 1. The molecule has 1 unspecified atom stereocenters. The van der Waals surface area contributed by atoms with E-state index < -0.39 is 10.8 Å². The van der Waals surface area contributed by atoms with Crippen molar-refractivity contribution in [2.24, 2.45) is 5.73 Å². The van der Waals surface area contributed by atoms with E-state index in [1.54, 1.807) is 12.1 Å². The standard InChI is InChI=1S/C11H16FNOS/c12-10-4-6-11(7-5-10)15(14)9-3-1-2-8-13/h4-7H,1-3,8-9,13H2. The maximum atomic E-state index is 12.6. The van der Waals surface area contributed by atoms with Crippen LogP contribution in [0.15, 0.2) is 29.2 Å². The number of rotatable bonds is 6. The Hall–Kier alpha value is -0.740. The van der Waals surface area contributed by atoms with Gasteiger partial charge in [-0.05, 0) is 43.7 Å². The summed E-state index contributed by atoms with van der Waals surface area (Å²) in [6.45, 7) is 0.684. The molecule has 0 aliphatic heterocycles. The average molecular weight is 229 g/mol. The van der Waals surface area contributed by atoms with Crippen LogP contribution in [-0.2, 0) is 10.8 Å². The lowest BCUT2D eigenvalue weighted by Gasteiger charge is -2.01. The predicted molar refractivity (Wildman–Crippen MR) is 60.6 cm³/mol. The van der Waals surface area contributed by atoms with E-state index in [9.17, 15) is 8.60 Å². The summed E-state index contributed by atoms with van der Waals surface area (Å²) in [4.78, 5) is 0.698. The first-order valence-corrected chi connectivity index (χ1v) is 6.40. The van der Waals surface area contributed by atoms with E-state index in [2.05, 4.69) is 0 Å². The molecule has 0 radical (unpaired) electrons. The van der Waals surface area contributed by atoms with Crippen molar-refractivity contribution in [1.82, 2.24) is 0 Å². The van der Waals surface area contributed by atoms with Crippen molar-refractivity contribution in [3.8, 4) is 0 Å². The van der Waals surface area contributed by atoms with Gasteiger partial charge < -0.3 is 5.73 Å². The molecule has 0 aliphatic carbocycles. The first-order valence-electron chi connectivity index (χ1n) is 5.08. The molecular weight excluding hydrogens is 213 g/mol. The summed E-state index contributed by atoms with van der Waals surface area (Å²) in [6.07, 6.45) is 2.88. The van der Waals surface area contributed by atoms with Gasteiger partial charge in [0.15, 0.2) is 0 Å². The number of hydrogen-bond acceptors (Lipinski definition) is 2. The van der Waals surface area contributed by atoms with E-state index in [1.807, 2.05) is 0 Å². The predicted octanol–water partition coefficient (Wildman–Crippen LogP) is 2.06. The quantitative estimate of drug-likeness (QED) is 0.759. The topological polar surface area (TPSA) is 43.1 Å². The fourth-order valence-corrected chi connectivity index (χ4v) is 2.40. The Labute approximate surface area is 92.1 Å². The van der Waals surface area contributed by atoms with Gasteiger partial charge in [0.1, 0.15) is 5.82 Å². The van der Waals surface area contributed by atoms with Gasteiger partial charge in [-0.15, -0.1) is 0 Å². The van der Waals surface area contributed by atoms with Gasteiger partial charge in [0.25, 0.3) is 0 Å². The van der Waals surface area contributed by atoms with Gasteiger partial charge in [-0.25, -0.2) is 4.39 Å². The van der Waals surface area contributed by atoms with E-state index in [-0.39, 0.29) is 5.82 Å². The molecule has 1 aromatic rings. The number of unbranched alkanes of at least 4 members (excludes halogenated alkanes) is 2. The molecule has 2 nitrogen and oxygen atoms in total. The van der Waals surface area contributed by atoms with Crippen molar-refractivity contribution < 1.29 is 8.60 Å². The van der Waals surface area contributed by atoms with Gasteiger partial charge in [-0.3, -0.25) is 4.21 Å². The Morgan fingerprint density at radius 2 is 1.80 bits per heavy atom. The third-order valence-corrected chi connectivity index (χ3v) is 3.57. The van der Waals surface area contributed by atoms with Gasteiger partial charge in [0.2, 0.25) is 0 Å². The summed E-state index contributed by atoms with van der Waals surface area (Å²) in [5, 5.41) is 0. The Balaban J connectivity index is 2.37. The highest BCUT2D eigenvalue weighted by molar-refractivity contribution is 7.85. The van der Waals surface area contributed by atoms with E-state index in [0.29, 0.717) is 17.2 Å². The first kappa shape index (κ1) is 12.3. The highest BCUT2D eigenvalue weighted by Crippen LogP contribution is 2.09. The molecule has 1 rings (SSSR count). The number of halogens is 1. The van der Waals surface area contributed by atoms with Gasteiger partial charge in [-0.1, -0.05) is 6.42 Å². The Kier molecular flexibility index (Phi) is 5.50. The number of hydrogen-bond donors (Lipinski definition) is 1. The first-order chi connectivity index (χ1) is 7.24. The summed E-state index contributed by atoms with van der Waals surface area (Å²) in [5.41, 5.74) is 5.36. The van der Waals surface area contributed by atoms with Crippen molar-refractivity contribution in [2.45, 2.75) is 24.2 Å². The summed E-state index contributed by atoms with van der Waals surface area (Å²) in [6, 6.07) is 5.84. The molecule has 0 heterocycles. The van der Waals surface area contributed by atoms with Crippen LogP contribution in [0, 0.1) is 5.82 Å². The summed E-state index contributed by atoms with van der Waals surface area (Å²) >= 11 is 0. The van der Waals surface area contributed by atoms with Crippen LogP contribution >= 0.6 is 0 Å². The highest BCUT2D eigenvalue weighted by Gasteiger charge is 2.03. The second kappa shape index (κ2) is 6.69. The molecule has 0 aliphatic rings. The average Bonchev–Trinajstić information content (AvgIpc) is 2.25. The lowest BCUT2D eigenvalue weighted by atomic mass is 10.2. The molecule has 0 spiro atoms. The molecule has 15 heavy (non-hydrogen) atoms. The molecule has 4 heteroatoms. The lowest BCUT2D eigenvalue weighted by molar-refractivity contribution is 0.626. The van der Waals surface area contributed by atoms with Crippen LogP contribution in [0.5, 0.6) is 0 Å². The smallest absolute Gasteiger partial charge is 0.123 e. The SMILES string of the molecule is NCCCCCS(=O)c1ccc(F)cc1.